The van der Waals surface area contributed by atoms with Crippen LogP contribution in [0.4, 0.5) is 8.78 Å². The molecule has 0 aliphatic carbocycles. The Morgan fingerprint density at radius 3 is 2.12 bits per heavy atom. The SMILES string of the molecule is CCCCCCCOC(=O)CCC(=O)OCc1c(F)cc(Br)cc1F. The molecule has 7 heteroatoms. The molecule has 25 heavy (non-hydrogen) atoms. The smallest absolute Gasteiger partial charge is 0.306 e. The van der Waals surface area contributed by atoms with Gasteiger partial charge in [-0.2, -0.15) is 0 Å². The molecule has 0 N–H and O–H groups in total. The lowest BCUT2D eigenvalue weighted by Gasteiger charge is -2.08. The van der Waals surface area contributed by atoms with Crippen molar-refractivity contribution in [3.63, 3.8) is 0 Å². The van der Waals surface area contributed by atoms with Gasteiger partial charge in [0.15, 0.2) is 0 Å². The standard InChI is InChI=1S/C18H23BrF2O4/c1-2-3-4-5-6-9-24-17(22)7-8-18(23)25-12-14-15(20)10-13(19)11-16(14)21/h10-11H,2-9,12H2,1H3. The van der Waals surface area contributed by atoms with Gasteiger partial charge in [-0.15, -0.1) is 0 Å². The number of halogens is 3. The monoisotopic (exact) mass is 420 g/mol. The molecule has 0 radical (unpaired) electrons. The van der Waals surface area contributed by atoms with Crippen molar-refractivity contribution in [1.29, 1.82) is 0 Å². The van der Waals surface area contributed by atoms with Gasteiger partial charge in [0.25, 0.3) is 0 Å². The summed E-state index contributed by atoms with van der Waals surface area (Å²) in [5, 5.41) is 0. The number of rotatable bonds is 11. The molecule has 0 saturated heterocycles. The van der Waals surface area contributed by atoms with Crippen LogP contribution in [0.2, 0.25) is 0 Å². The first-order valence-corrected chi connectivity index (χ1v) is 9.18. The minimum Gasteiger partial charge on any atom is -0.466 e. The summed E-state index contributed by atoms with van der Waals surface area (Å²) in [5.41, 5.74) is -0.328. The Labute approximate surface area is 155 Å². The topological polar surface area (TPSA) is 52.6 Å². The number of esters is 2. The molecule has 0 amide bonds. The molecule has 0 heterocycles. The highest BCUT2D eigenvalue weighted by atomic mass is 79.9. The lowest BCUT2D eigenvalue weighted by Crippen LogP contribution is -2.12. The molecule has 4 nitrogen and oxygen atoms in total. The average molecular weight is 421 g/mol. The van der Waals surface area contributed by atoms with E-state index in [4.69, 9.17) is 9.47 Å². The minimum absolute atomic E-state index is 0.112. The molecule has 0 aliphatic heterocycles. The number of unbranched alkanes of at least 4 members (excludes halogenated alkanes) is 4. The second kappa shape index (κ2) is 12.0. The van der Waals surface area contributed by atoms with E-state index in [9.17, 15) is 18.4 Å². The molecule has 0 unspecified atom stereocenters. The molecule has 0 aromatic heterocycles. The van der Waals surface area contributed by atoms with Crippen LogP contribution in [0.15, 0.2) is 16.6 Å². The third kappa shape index (κ3) is 8.95. The van der Waals surface area contributed by atoms with Gasteiger partial charge in [0.2, 0.25) is 0 Å². The lowest BCUT2D eigenvalue weighted by molar-refractivity contribution is -0.151. The number of ether oxygens (including phenoxy) is 2. The van der Waals surface area contributed by atoms with Gasteiger partial charge in [-0.05, 0) is 18.6 Å². The van der Waals surface area contributed by atoms with E-state index < -0.39 is 30.2 Å². The summed E-state index contributed by atoms with van der Waals surface area (Å²) >= 11 is 2.97. The summed E-state index contributed by atoms with van der Waals surface area (Å²) in [6, 6.07) is 2.17. The molecular formula is C18H23BrF2O4. The summed E-state index contributed by atoms with van der Waals surface area (Å²) in [4.78, 5) is 23.1. The molecule has 0 fully saturated rings. The van der Waals surface area contributed by atoms with Crippen LogP contribution in [-0.2, 0) is 25.7 Å². The van der Waals surface area contributed by atoms with E-state index in [1.165, 1.54) is 6.42 Å². The first-order chi connectivity index (χ1) is 11.9. The zero-order chi connectivity index (χ0) is 18.7. The summed E-state index contributed by atoms with van der Waals surface area (Å²) in [5.74, 6) is -2.79. The second-order valence-corrected chi connectivity index (χ2v) is 6.56. The quantitative estimate of drug-likeness (QED) is 0.370. The Morgan fingerprint density at radius 1 is 0.960 bits per heavy atom. The average Bonchev–Trinajstić information content (AvgIpc) is 2.55. The van der Waals surface area contributed by atoms with Crippen LogP contribution in [0.5, 0.6) is 0 Å². The number of hydrogen-bond donors (Lipinski definition) is 0. The predicted octanol–water partition coefficient (Wildman–Crippen LogP) is 5.06. The van der Waals surface area contributed by atoms with Crippen molar-refractivity contribution in [3.05, 3.63) is 33.8 Å². The van der Waals surface area contributed by atoms with Gasteiger partial charge in [-0.1, -0.05) is 48.5 Å². The number of hydrogen-bond acceptors (Lipinski definition) is 4. The van der Waals surface area contributed by atoms with Crippen LogP contribution in [-0.4, -0.2) is 18.5 Å². The van der Waals surface area contributed by atoms with Crippen molar-refractivity contribution in [2.45, 2.75) is 58.5 Å². The van der Waals surface area contributed by atoms with E-state index in [1.807, 2.05) is 0 Å². The maximum atomic E-state index is 13.6. The van der Waals surface area contributed by atoms with Crippen molar-refractivity contribution < 1.29 is 27.8 Å². The highest BCUT2D eigenvalue weighted by Gasteiger charge is 2.14. The maximum absolute atomic E-state index is 13.6. The van der Waals surface area contributed by atoms with E-state index in [-0.39, 0.29) is 22.9 Å². The third-order valence-corrected chi connectivity index (χ3v) is 3.99. The number of benzene rings is 1. The van der Waals surface area contributed by atoms with Crippen LogP contribution in [0.1, 0.15) is 57.4 Å². The minimum atomic E-state index is -0.804. The van der Waals surface area contributed by atoms with E-state index in [0.29, 0.717) is 6.61 Å². The van der Waals surface area contributed by atoms with Gasteiger partial charge in [0.1, 0.15) is 18.2 Å². The Kier molecular flexibility index (Phi) is 10.3. The van der Waals surface area contributed by atoms with Crippen molar-refractivity contribution in [2.24, 2.45) is 0 Å². The Bertz CT molecular complexity index is 555. The second-order valence-electron chi connectivity index (χ2n) is 5.64. The van der Waals surface area contributed by atoms with E-state index in [0.717, 1.165) is 37.8 Å². The van der Waals surface area contributed by atoms with Crippen molar-refractivity contribution in [2.75, 3.05) is 6.61 Å². The molecule has 0 atom stereocenters. The normalized spacial score (nSPS) is 10.6. The van der Waals surface area contributed by atoms with Crippen LogP contribution in [0, 0.1) is 11.6 Å². The first kappa shape index (κ1) is 21.5. The number of carbonyl (C=O) groups excluding carboxylic acids is 2. The Hall–Kier alpha value is -1.50. The molecular weight excluding hydrogens is 398 g/mol. The summed E-state index contributed by atoms with van der Waals surface area (Å²) in [7, 11) is 0. The molecule has 0 spiro atoms. The van der Waals surface area contributed by atoms with Crippen LogP contribution in [0.3, 0.4) is 0 Å². The zero-order valence-electron chi connectivity index (χ0n) is 14.3. The van der Waals surface area contributed by atoms with Gasteiger partial charge in [-0.25, -0.2) is 8.78 Å². The maximum Gasteiger partial charge on any atom is 0.306 e. The van der Waals surface area contributed by atoms with E-state index in [1.54, 1.807) is 0 Å². The molecule has 140 valence electrons. The zero-order valence-corrected chi connectivity index (χ0v) is 15.9. The molecule has 0 aliphatic rings. The van der Waals surface area contributed by atoms with Gasteiger partial charge in [0, 0.05) is 4.47 Å². The summed E-state index contributed by atoms with van der Waals surface area (Å²) in [6.45, 7) is 1.95. The van der Waals surface area contributed by atoms with E-state index in [2.05, 4.69) is 22.9 Å². The highest BCUT2D eigenvalue weighted by molar-refractivity contribution is 9.10. The van der Waals surface area contributed by atoms with Gasteiger partial charge >= 0.3 is 11.9 Å². The molecule has 1 aromatic carbocycles. The number of carbonyl (C=O) groups is 2. The van der Waals surface area contributed by atoms with Crippen LogP contribution in [0.25, 0.3) is 0 Å². The largest absolute Gasteiger partial charge is 0.466 e. The van der Waals surface area contributed by atoms with Crippen LogP contribution < -0.4 is 0 Å². The predicted molar refractivity (Wildman–Crippen MR) is 92.8 cm³/mol. The molecule has 0 saturated carbocycles. The Morgan fingerprint density at radius 2 is 1.52 bits per heavy atom. The third-order valence-electron chi connectivity index (χ3n) is 3.53. The highest BCUT2D eigenvalue weighted by Crippen LogP contribution is 2.20. The fourth-order valence-corrected chi connectivity index (χ4v) is 2.50. The lowest BCUT2D eigenvalue weighted by atomic mass is 10.2. The Balaban J connectivity index is 2.21. The summed E-state index contributed by atoms with van der Waals surface area (Å²) < 4.78 is 37.3. The molecule has 1 rings (SSSR count). The molecule has 0 bridgehead atoms. The van der Waals surface area contributed by atoms with Gasteiger partial charge in [0.05, 0.1) is 25.0 Å². The van der Waals surface area contributed by atoms with Crippen LogP contribution >= 0.6 is 15.9 Å². The van der Waals surface area contributed by atoms with Gasteiger partial charge in [-0.3, -0.25) is 9.59 Å². The van der Waals surface area contributed by atoms with Gasteiger partial charge < -0.3 is 9.47 Å². The van der Waals surface area contributed by atoms with Crippen molar-refractivity contribution in [1.82, 2.24) is 0 Å². The van der Waals surface area contributed by atoms with E-state index >= 15 is 0 Å². The van der Waals surface area contributed by atoms with Crippen molar-refractivity contribution >= 4 is 27.9 Å². The molecule has 1 aromatic rings. The summed E-state index contributed by atoms with van der Waals surface area (Å²) in [6.07, 6.45) is 4.94. The first-order valence-electron chi connectivity index (χ1n) is 8.38. The fourth-order valence-electron chi connectivity index (χ4n) is 2.10. The van der Waals surface area contributed by atoms with Crippen molar-refractivity contribution in [3.8, 4) is 0 Å². The fraction of sp³-hybridized carbons (Fsp3) is 0.556.